The number of hydrogen-bond donors (Lipinski definition) is 1. The number of hydrazone groups is 1. The molecule has 3 rings (SSSR count). The quantitative estimate of drug-likeness (QED) is 0.317. The third kappa shape index (κ3) is 4.99. The SMILES string of the molecule is O=C(N/N=C\c1ccccc1OC(=O)c1ccc(Cl)cc1)c1ccncc1. The highest BCUT2D eigenvalue weighted by atomic mass is 35.5. The topological polar surface area (TPSA) is 80.6 Å². The van der Waals surface area contributed by atoms with Crippen molar-refractivity contribution in [1.29, 1.82) is 0 Å². The summed E-state index contributed by atoms with van der Waals surface area (Å²) < 4.78 is 5.42. The number of halogens is 1. The van der Waals surface area contributed by atoms with Gasteiger partial charge in [0.2, 0.25) is 0 Å². The zero-order chi connectivity index (χ0) is 19.1. The maximum absolute atomic E-state index is 12.3. The molecule has 0 spiro atoms. The maximum Gasteiger partial charge on any atom is 0.343 e. The first kappa shape index (κ1) is 18.3. The van der Waals surface area contributed by atoms with Crippen molar-refractivity contribution in [1.82, 2.24) is 10.4 Å². The smallest absolute Gasteiger partial charge is 0.343 e. The van der Waals surface area contributed by atoms with E-state index < -0.39 is 5.97 Å². The van der Waals surface area contributed by atoms with Crippen LogP contribution in [0, 0.1) is 0 Å². The van der Waals surface area contributed by atoms with Crippen LogP contribution in [0.3, 0.4) is 0 Å². The molecule has 27 heavy (non-hydrogen) atoms. The van der Waals surface area contributed by atoms with Crippen LogP contribution in [0.5, 0.6) is 5.75 Å². The number of carbonyl (C=O) groups excluding carboxylic acids is 2. The highest BCUT2D eigenvalue weighted by molar-refractivity contribution is 6.30. The van der Waals surface area contributed by atoms with Gasteiger partial charge in [0.15, 0.2) is 0 Å². The van der Waals surface area contributed by atoms with Crippen molar-refractivity contribution in [3.8, 4) is 5.75 Å². The lowest BCUT2D eigenvalue weighted by molar-refractivity contribution is 0.0734. The molecule has 0 saturated heterocycles. The Morgan fingerprint density at radius 3 is 2.41 bits per heavy atom. The molecule has 1 amide bonds. The average molecular weight is 380 g/mol. The first-order valence-electron chi connectivity index (χ1n) is 7.94. The van der Waals surface area contributed by atoms with E-state index in [0.717, 1.165) is 0 Å². The molecule has 6 nitrogen and oxygen atoms in total. The van der Waals surface area contributed by atoms with E-state index in [1.165, 1.54) is 18.6 Å². The summed E-state index contributed by atoms with van der Waals surface area (Å²) in [6.07, 6.45) is 4.44. The first-order valence-corrected chi connectivity index (χ1v) is 8.31. The number of ether oxygens (including phenoxy) is 1. The Kier molecular flexibility index (Phi) is 5.91. The molecule has 0 atom stereocenters. The van der Waals surface area contributed by atoms with E-state index in [0.29, 0.717) is 27.5 Å². The second kappa shape index (κ2) is 8.73. The second-order valence-corrected chi connectivity index (χ2v) is 5.81. The molecule has 1 aromatic heterocycles. The number of benzene rings is 2. The van der Waals surface area contributed by atoms with Crippen LogP contribution in [0.1, 0.15) is 26.3 Å². The number of rotatable bonds is 5. The van der Waals surface area contributed by atoms with Crippen molar-refractivity contribution in [2.75, 3.05) is 0 Å². The van der Waals surface area contributed by atoms with E-state index in [1.54, 1.807) is 60.7 Å². The maximum atomic E-state index is 12.3. The van der Waals surface area contributed by atoms with Gasteiger partial charge in [-0.05, 0) is 48.5 Å². The molecule has 134 valence electrons. The Hall–Kier alpha value is -3.51. The summed E-state index contributed by atoms with van der Waals surface area (Å²) in [7, 11) is 0. The predicted octanol–water partition coefficient (Wildman–Crippen LogP) is 3.72. The number of para-hydroxylation sites is 1. The zero-order valence-corrected chi connectivity index (χ0v) is 14.8. The molecule has 2 aromatic carbocycles. The Balaban J connectivity index is 1.69. The molecule has 0 unspecified atom stereocenters. The molecule has 0 saturated carbocycles. The Morgan fingerprint density at radius 2 is 1.67 bits per heavy atom. The minimum atomic E-state index is -0.520. The van der Waals surface area contributed by atoms with E-state index >= 15 is 0 Å². The highest BCUT2D eigenvalue weighted by Crippen LogP contribution is 2.18. The molecule has 0 radical (unpaired) electrons. The summed E-state index contributed by atoms with van der Waals surface area (Å²) in [5, 5.41) is 4.45. The number of carbonyl (C=O) groups is 2. The molecule has 0 aliphatic rings. The van der Waals surface area contributed by atoms with E-state index in [-0.39, 0.29) is 5.91 Å². The molecule has 1 heterocycles. The predicted molar refractivity (Wildman–Crippen MR) is 102 cm³/mol. The summed E-state index contributed by atoms with van der Waals surface area (Å²) >= 11 is 5.82. The summed E-state index contributed by atoms with van der Waals surface area (Å²) in [6, 6.07) is 16.4. The molecule has 0 aliphatic heterocycles. The van der Waals surface area contributed by atoms with Gasteiger partial charge in [-0.25, -0.2) is 10.2 Å². The molecular weight excluding hydrogens is 366 g/mol. The largest absolute Gasteiger partial charge is 0.422 e. The average Bonchev–Trinajstić information content (AvgIpc) is 2.70. The third-order valence-electron chi connectivity index (χ3n) is 3.51. The van der Waals surface area contributed by atoms with E-state index in [1.807, 2.05) is 0 Å². The van der Waals surface area contributed by atoms with Crippen molar-refractivity contribution in [3.63, 3.8) is 0 Å². The van der Waals surface area contributed by atoms with Gasteiger partial charge in [0.25, 0.3) is 5.91 Å². The van der Waals surface area contributed by atoms with Crippen LogP contribution < -0.4 is 10.2 Å². The molecule has 0 aliphatic carbocycles. The van der Waals surface area contributed by atoms with Crippen LogP contribution in [0.4, 0.5) is 0 Å². The Bertz CT molecular complexity index is 973. The van der Waals surface area contributed by atoms with Gasteiger partial charge in [-0.1, -0.05) is 23.7 Å². The lowest BCUT2D eigenvalue weighted by atomic mass is 10.2. The summed E-state index contributed by atoms with van der Waals surface area (Å²) in [5.74, 6) is -0.572. The van der Waals surface area contributed by atoms with Gasteiger partial charge in [-0.15, -0.1) is 0 Å². The Labute approximate surface area is 160 Å². The van der Waals surface area contributed by atoms with Crippen LogP contribution >= 0.6 is 11.6 Å². The number of nitrogens with zero attached hydrogens (tertiary/aromatic N) is 2. The first-order chi connectivity index (χ1) is 13.1. The summed E-state index contributed by atoms with van der Waals surface area (Å²) in [4.78, 5) is 28.1. The number of hydrogen-bond acceptors (Lipinski definition) is 5. The van der Waals surface area contributed by atoms with Crippen molar-refractivity contribution in [3.05, 3.63) is 94.8 Å². The number of nitrogens with one attached hydrogen (secondary N) is 1. The second-order valence-electron chi connectivity index (χ2n) is 5.37. The fourth-order valence-corrected chi connectivity index (χ4v) is 2.28. The lowest BCUT2D eigenvalue weighted by Gasteiger charge is -2.07. The van der Waals surface area contributed by atoms with Crippen molar-refractivity contribution in [2.45, 2.75) is 0 Å². The number of pyridine rings is 1. The number of amides is 1. The van der Waals surface area contributed by atoms with Crippen LogP contribution in [0.15, 0.2) is 78.2 Å². The van der Waals surface area contributed by atoms with E-state index in [4.69, 9.17) is 16.3 Å². The molecule has 1 N–H and O–H groups in total. The zero-order valence-electron chi connectivity index (χ0n) is 14.0. The van der Waals surface area contributed by atoms with Gasteiger partial charge < -0.3 is 4.74 Å². The minimum absolute atomic E-state index is 0.319. The minimum Gasteiger partial charge on any atom is -0.422 e. The monoisotopic (exact) mass is 379 g/mol. The fourth-order valence-electron chi connectivity index (χ4n) is 2.15. The fraction of sp³-hybridized carbons (Fsp3) is 0. The normalized spacial score (nSPS) is 10.6. The number of esters is 1. The van der Waals surface area contributed by atoms with Crippen molar-refractivity contribution >= 4 is 29.7 Å². The molecule has 0 bridgehead atoms. The highest BCUT2D eigenvalue weighted by Gasteiger charge is 2.11. The van der Waals surface area contributed by atoms with Crippen LogP contribution in [0.25, 0.3) is 0 Å². The standard InChI is InChI=1S/C20H14ClN3O3/c21-17-7-5-15(6-8-17)20(26)27-18-4-2-1-3-16(18)13-23-24-19(25)14-9-11-22-12-10-14/h1-13H,(H,24,25)/b23-13-. The van der Waals surface area contributed by atoms with E-state index in [2.05, 4.69) is 15.5 Å². The molecule has 3 aromatic rings. The van der Waals surface area contributed by atoms with Crippen LogP contribution in [-0.2, 0) is 0 Å². The third-order valence-corrected chi connectivity index (χ3v) is 3.77. The van der Waals surface area contributed by atoms with Gasteiger partial charge >= 0.3 is 5.97 Å². The van der Waals surface area contributed by atoms with Crippen LogP contribution in [0.2, 0.25) is 5.02 Å². The van der Waals surface area contributed by atoms with Crippen molar-refractivity contribution in [2.24, 2.45) is 5.10 Å². The van der Waals surface area contributed by atoms with Gasteiger partial charge in [0, 0.05) is 28.5 Å². The lowest BCUT2D eigenvalue weighted by Crippen LogP contribution is -2.17. The van der Waals surface area contributed by atoms with Gasteiger partial charge in [-0.2, -0.15) is 5.10 Å². The Morgan fingerprint density at radius 1 is 0.963 bits per heavy atom. The molecule has 7 heteroatoms. The summed E-state index contributed by atoms with van der Waals surface area (Å²) in [5.41, 5.74) is 3.76. The molecule has 0 fully saturated rings. The van der Waals surface area contributed by atoms with Gasteiger partial charge in [0.05, 0.1) is 11.8 Å². The molecular formula is C20H14ClN3O3. The van der Waals surface area contributed by atoms with Crippen molar-refractivity contribution < 1.29 is 14.3 Å². The van der Waals surface area contributed by atoms with Gasteiger partial charge in [0.1, 0.15) is 5.75 Å². The summed E-state index contributed by atoms with van der Waals surface area (Å²) in [6.45, 7) is 0. The van der Waals surface area contributed by atoms with Gasteiger partial charge in [-0.3, -0.25) is 9.78 Å². The number of aromatic nitrogens is 1. The van der Waals surface area contributed by atoms with E-state index in [9.17, 15) is 9.59 Å². The van der Waals surface area contributed by atoms with Crippen LogP contribution in [-0.4, -0.2) is 23.1 Å².